The Morgan fingerprint density at radius 3 is 2.38 bits per heavy atom. The van der Waals surface area contributed by atoms with Crippen LogP contribution in [-0.4, -0.2) is 21.3 Å². The monoisotopic (exact) mass is 383 g/mol. The van der Waals surface area contributed by atoms with Gasteiger partial charge in [-0.2, -0.15) is 5.10 Å². The molecule has 5 heteroatoms. The first-order valence-corrected chi connectivity index (χ1v) is 9.80. The van der Waals surface area contributed by atoms with Gasteiger partial charge in [0.25, 0.3) is 0 Å². The van der Waals surface area contributed by atoms with Gasteiger partial charge in [-0.15, -0.1) is 0 Å². The number of para-hydroxylation sites is 1. The molecule has 146 valence electrons. The summed E-state index contributed by atoms with van der Waals surface area (Å²) >= 11 is 0. The number of benzene rings is 3. The van der Waals surface area contributed by atoms with Crippen molar-refractivity contribution in [3.8, 4) is 11.1 Å². The van der Waals surface area contributed by atoms with Crippen LogP contribution >= 0.6 is 0 Å². The molecule has 2 N–H and O–H groups in total. The summed E-state index contributed by atoms with van der Waals surface area (Å²) in [6.07, 6.45) is 3.30. The molecule has 5 nitrogen and oxygen atoms in total. The highest BCUT2D eigenvalue weighted by molar-refractivity contribution is 5.84. The van der Waals surface area contributed by atoms with Gasteiger partial charge < -0.3 is 10.6 Å². The highest BCUT2D eigenvalue weighted by atomic mass is 15.3. The number of nitrogens with zero attached hydrogens (tertiary/aromatic N) is 3. The van der Waals surface area contributed by atoms with Gasteiger partial charge in [0.05, 0.1) is 6.54 Å². The fourth-order valence-corrected chi connectivity index (χ4v) is 3.57. The van der Waals surface area contributed by atoms with E-state index in [2.05, 4.69) is 83.1 Å². The molecule has 0 saturated heterocycles. The van der Waals surface area contributed by atoms with Crippen LogP contribution in [0.5, 0.6) is 0 Å². The highest BCUT2D eigenvalue weighted by Gasteiger charge is 2.11. The molecule has 1 heterocycles. The topological polar surface area (TPSA) is 54.8 Å². The van der Waals surface area contributed by atoms with E-state index in [1.165, 1.54) is 22.3 Å². The van der Waals surface area contributed by atoms with Crippen LogP contribution in [0, 0.1) is 13.8 Å². The summed E-state index contributed by atoms with van der Waals surface area (Å²) in [7, 11) is 0. The quantitative estimate of drug-likeness (QED) is 0.447. The number of aryl methyl sites for hydroxylation is 2. The molecule has 0 aliphatic heterocycles. The van der Waals surface area contributed by atoms with Crippen LogP contribution in [0.15, 0.2) is 79.4 Å². The summed E-state index contributed by atoms with van der Waals surface area (Å²) in [6.45, 7) is 5.84. The van der Waals surface area contributed by atoms with E-state index in [0.717, 1.165) is 30.2 Å². The second-order valence-electron chi connectivity index (χ2n) is 7.10. The van der Waals surface area contributed by atoms with Crippen molar-refractivity contribution in [1.82, 2.24) is 14.8 Å². The molecule has 4 rings (SSSR count). The van der Waals surface area contributed by atoms with Crippen LogP contribution in [0.3, 0.4) is 0 Å². The molecule has 0 amide bonds. The van der Waals surface area contributed by atoms with Crippen molar-refractivity contribution in [3.63, 3.8) is 0 Å². The molecule has 0 fully saturated rings. The van der Waals surface area contributed by atoms with Crippen molar-refractivity contribution < 1.29 is 0 Å². The Morgan fingerprint density at radius 1 is 0.862 bits per heavy atom. The maximum Gasteiger partial charge on any atom is 0.137 e. The molecule has 0 aliphatic rings. The van der Waals surface area contributed by atoms with Gasteiger partial charge in [-0.1, -0.05) is 42.5 Å². The Labute approximate surface area is 171 Å². The Balaban J connectivity index is 1.65. The molecule has 0 aliphatic carbocycles. The molecule has 0 atom stereocenters. The Bertz CT molecular complexity index is 1050. The van der Waals surface area contributed by atoms with E-state index in [9.17, 15) is 0 Å². The van der Waals surface area contributed by atoms with Crippen molar-refractivity contribution >= 4 is 17.1 Å². The predicted molar refractivity (Wildman–Crippen MR) is 120 cm³/mol. The third-order valence-corrected chi connectivity index (χ3v) is 4.96. The summed E-state index contributed by atoms with van der Waals surface area (Å²) in [4.78, 5) is 4.01. The lowest BCUT2D eigenvalue weighted by atomic mass is 9.94. The average molecular weight is 383 g/mol. The first-order chi connectivity index (χ1) is 14.2. The fraction of sp³-hybridized carbons (Fsp3) is 0.167. The molecule has 0 radical (unpaired) electrons. The van der Waals surface area contributed by atoms with Crippen LogP contribution in [-0.2, 0) is 6.54 Å². The van der Waals surface area contributed by atoms with E-state index in [-0.39, 0.29) is 0 Å². The third kappa shape index (κ3) is 4.46. The number of aromatic nitrogens is 3. The van der Waals surface area contributed by atoms with Gasteiger partial charge in [0, 0.05) is 29.2 Å². The second kappa shape index (κ2) is 8.61. The van der Waals surface area contributed by atoms with Gasteiger partial charge in [0.15, 0.2) is 0 Å². The molecule has 1 aromatic heterocycles. The standard InChI is InChI=1S/C24H25N5/c1-18-7-6-8-19(2)24(18)22-12-11-21(28-20-9-4-3-5-10-20)15-23(22)26-13-14-29-17-25-16-27-29/h3-12,15-17,26,28H,13-14H2,1-2H3. The second-order valence-corrected chi connectivity index (χ2v) is 7.10. The van der Waals surface area contributed by atoms with Crippen molar-refractivity contribution in [2.45, 2.75) is 20.4 Å². The lowest BCUT2D eigenvalue weighted by molar-refractivity contribution is 0.636. The smallest absolute Gasteiger partial charge is 0.137 e. The Hall–Kier alpha value is -3.60. The largest absolute Gasteiger partial charge is 0.383 e. The Morgan fingerprint density at radius 2 is 1.66 bits per heavy atom. The van der Waals surface area contributed by atoms with Crippen LogP contribution in [0.25, 0.3) is 11.1 Å². The molecule has 0 bridgehead atoms. The third-order valence-electron chi connectivity index (χ3n) is 4.96. The van der Waals surface area contributed by atoms with Gasteiger partial charge in [-0.3, -0.25) is 4.68 Å². The predicted octanol–water partition coefficient (Wildman–Crippen LogP) is 5.42. The van der Waals surface area contributed by atoms with Gasteiger partial charge in [0.2, 0.25) is 0 Å². The average Bonchev–Trinajstić information content (AvgIpc) is 3.23. The maximum atomic E-state index is 4.18. The number of nitrogens with one attached hydrogen (secondary N) is 2. The zero-order valence-corrected chi connectivity index (χ0v) is 16.8. The van der Waals surface area contributed by atoms with Gasteiger partial charge in [-0.25, -0.2) is 4.98 Å². The molecule has 3 aromatic carbocycles. The lowest BCUT2D eigenvalue weighted by Gasteiger charge is -2.18. The summed E-state index contributed by atoms with van der Waals surface area (Å²) in [5.41, 5.74) is 8.25. The van der Waals surface area contributed by atoms with E-state index >= 15 is 0 Å². The normalized spacial score (nSPS) is 10.7. The van der Waals surface area contributed by atoms with Crippen LogP contribution in [0.2, 0.25) is 0 Å². The Kier molecular flexibility index (Phi) is 5.56. The van der Waals surface area contributed by atoms with E-state index < -0.39 is 0 Å². The summed E-state index contributed by atoms with van der Waals surface area (Å²) < 4.78 is 1.83. The number of hydrogen-bond acceptors (Lipinski definition) is 4. The number of anilines is 3. The molecular formula is C24H25N5. The minimum atomic E-state index is 0.753. The molecule has 4 aromatic rings. The van der Waals surface area contributed by atoms with Crippen molar-refractivity contribution in [1.29, 1.82) is 0 Å². The number of hydrogen-bond donors (Lipinski definition) is 2. The van der Waals surface area contributed by atoms with Gasteiger partial charge in [-0.05, 0) is 54.8 Å². The van der Waals surface area contributed by atoms with Crippen molar-refractivity contribution in [2.24, 2.45) is 0 Å². The summed E-state index contributed by atoms with van der Waals surface area (Å²) in [5.74, 6) is 0. The minimum Gasteiger partial charge on any atom is -0.383 e. The van der Waals surface area contributed by atoms with E-state index in [4.69, 9.17) is 0 Å². The first kappa shape index (κ1) is 18.7. The van der Waals surface area contributed by atoms with Crippen molar-refractivity contribution in [2.75, 3.05) is 17.2 Å². The van der Waals surface area contributed by atoms with Gasteiger partial charge >= 0.3 is 0 Å². The summed E-state index contributed by atoms with van der Waals surface area (Å²) in [5, 5.41) is 11.3. The zero-order valence-electron chi connectivity index (χ0n) is 16.8. The summed E-state index contributed by atoms with van der Waals surface area (Å²) in [6, 6.07) is 23.2. The molecule has 0 spiro atoms. The number of rotatable bonds is 7. The zero-order chi connectivity index (χ0) is 20.1. The molecular weight excluding hydrogens is 358 g/mol. The molecule has 0 saturated carbocycles. The molecule has 0 unspecified atom stereocenters. The fourth-order valence-electron chi connectivity index (χ4n) is 3.57. The van der Waals surface area contributed by atoms with Crippen LogP contribution in [0.4, 0.5) is 17.1 Å². The van der Waals surface area contributed by atoms with Gasteiger partial charge in [0.1, 0.15) is 12.7 Å². The lowest BCUT2D eigenvalue weighted by Crippen LogP contribution is -2.12. The van der Waals surface area contributed by atoms with E-state index in [1.54, 1.807) is 12.7 Å². The highest BCUT2D eigenvalue weighted by Crippen LogP contribution is 2.35. The minimum absolute atomic E-state index is 0.753. The maximum absolute atomic E-state index is 4.18. The van der Waals surface area contributed by atoms with Crippen LogP contribution < -0.4 is 10.6 Å². The van der Waals surface area contributed by atoms with E-state index in [0.29, 0.717) is 0 Å². The van der Waals surface area contributed by atoms with E-state index in [1.807, 2.05) is 22.9 Å². The molecule has 29 heavy (non-hydrogen) atoms. The van der Waals surface area contributed by atoms with Crippen molar-refractivity contribution in [3.05, 3.63) is 90.5 Å². The first-order valence-electron chi connectivity index (χ1n) is 9.80. The SMILES string of the molecule is Cc1cccc(C)c1-c1ccc(Nc2ccccc2)cc1NCCn1cncn1. The van der Waals surface area contributed by atoms with Crippen LogP contribution in [0.1, 0.15) is 11.1 Å².